The van der Waals surface area contributed by atoms with Crippen molar-refractivity contribution < 1.29 is 13.6 Å². The number of fused-ring (bicyclic) bond motifs is 1. The second-order valence-corrected chi connectivity index (χ2v) is 5.07. The van der Waals surface area contributed by atoms with Crippen molar-refractivity contribution in [3.05, 3.63) is 47.5 Å². The standard InChI is InChI=1S/C17H18F2O/c1-2-3-4-10-17(18,19)16-7-5-6-14-11-13(12-20)8-9-15(14)16/h5-9,11-12H,2-4,10H2,1H3. The molecule has 2 rings (SSSR count). The van der Waals surface area contributed by atoms with Crippen LogP contribution in [0, 0.1) is 0 Å². The molecule has 0 heterocycles. The molecule has 0 saturated carbocycles. The van der Waals surface area contributed by atoms with Gasteiger partial charge < -0.3 is 0 Å². The molecule has 0 aliphatic heterocycles. The maximum Gasteiger partial charge on any atom is 0.273 e. The van der Waals surface area contributed by atoms with E-state index in [2.05, 4.69) is 0 Å². The fourth-order valence-corrected chi connectivity index (χ4v) is 2.43. The van der Waals surface area contributed by atoms with Crippen LogP contribution in [0.1, 0.15) is 48.5 Å². The molecule has 0 aliphatic carbocycles. The van der Waals surface area contributed by atoms with Gasteiger partial charge in [0, 0.05) is 17.5 Å². The monoisotopic (exact) mass is 276 g/mol. The van der Waals surface area contributed by atoms with Gasteiger partial charge in [-0.05, 0) is 23.3 Å². The van der Waals surface area contributed by atoms with Gasteiger partial charge in [-0.3, -0.25) is 4.79 Å². The normalized spacial score (nSPS) is 11.8. The molecule has 0 spiro atoms. The largest absolute Gasteiger partial charge is 0.298 e. The molecule has 0 radical (unpaired) electrons. The third-order valence-corrected chi connectivity index (χ3v) is 3.53. The number of carbonyl (C=O) groups is 1. The number of carbonyl (C=O) groups excluding carboxylic acids is 1. The van der Waals surface area contributed by atoms with Crippen LogP contribution in [0.15, 0.2) is 36.4 Å². The predicted octanol–water partition coefficient (Wildman–Crippen LogP) is 5.32. The van der Waals surface area contributed by atoms with Gasteiger partial charge in [-0.1, -0.05) is 50.1 Å². The van der Waals surface area contributed by atoms with E-state index in [4.69, 9.17) is 0 Å². The summed E-state index contributed by atoms with van der Waals surface area (Å²) >= 11 is 0. The maximum absolute atomic E-state index is 14.3. The van der Waals surface area contributed by atoms with E-state index >= 15 is 0 Å². The summed E-state index contributed by atoms with van der Waals surface area (Å²) in [5.41, 5.74) is 0.563. The quantitative estimate of drug-likeness (QED) is 0.515. The van der Waals surface area contributed by atoms with Gasteiger partial charge in [-0.15, -0.1) is 0 Å². The van der Waals surface area contributed by atoms with Crippen molar-refractivity contribution in [2.24, 2.45) is 0 Å². The van der Waals surface area contributed by atoms with Gasteiger partial charge in [0.2, 0.25) is 0 Å². The molecular formula is C17H18F2O. The average Bonchev–Trinajstić information content (AvgIpc) is 2.46. The number of aldehydes is 1. The highest BCUT2D eigenvalue weighted by Crippen LogP contribution is 2.37. The Kier molecular flexibility index (Phi) is 4.48. The lowest BCUT2D eigenvalue weighted by molar-refractivity contribution is -0.0142. The lowest BCUT2D eigenvalue weighted by Gasteiger charge is -2.18. The highest BCUT2D eigenvalue weighted by atomic mass is 19.3. The minimum Gasteiger partial charge on any atom is -0.298 e. The van der Waals surface area contributed by atoms with Crippen LogP contribution in [-0.2, 0) is 5.92 Å². The SMILES string of the molecule is CCCCCC(F)(F)c1cccc2cc(C=O)ccc12. The average molecular weight is 276 g/mol. The molecule has 0 amide bonds. The highest BCUT2D eigenvalue weighted by molar-refractivity contribution is 5.91. The molecule has 0 unspecified atom stereocenters. The van der Waals surface area contributed by atoms with Crippen LogP contribution in [0.5, 0.6) is 0 Å². The molecule has 0 N–H and O–H groups in total. The molecule has 3 heteroatoms. The summed E-state index contributed by atoms with van der Waals surface area (Å²) in [5, 5.41) is 1.21. The van der Waals surface area contributed by atoms with Crippen LogP contribution in [0.2, 0.25) is 0 Å². The molecule has 2 aromatic carbocycles. The Balaban J connectivity index is 2.40. The van der Waals surface area contributed by atoms with Crippen molar-refractivity contribution in [3.63, 3.8) is 0 Å². The van der Waals surface area contributed by atoms with Gasteiger partial charge in [-0.2, -0.15) is 0 Å². The number of alkyl halides is 2. The van der Waals surface area contributed by atoms with Gasteiger partial charge >= 0.3 is 0 Å². The van der Waals surface area contributed by atoms with Gasteiger partial charge in [-0.25, -0.2) is 8.78 Å². The second-order valence-electron chi connectivity index (χ2n) is 5.07. The third-order valence-electron chi connectivity index (χ3n) is 3.53. The molecule has 0 aliphatic rings. The molecule has 0 aromatic heterocycles. The minimum absolute atomic E-state index is 0.0588. The van der Waals surface area contributed by atoms with Crippen molar-refractivity contribution in [1.29, 1.82) is 0 Å². The summed E-state index contributed by atoms with van der Waals surface area (Å²) in [4.78, 5) is 10.8. The number of rotatable bonds is 6. The summed E-state index contributed by atoms with van der Waals surface area (Å²) in [6.07, 6.45) is 2.86. The zero-order valence-corrected chi connectivity index (χ0v) is 11.5. The van der Waals surface area contributed by atoms with Crippen LogP contribution in [0.4, 0.5) is 8.78 Å². The van der Waals surface area contributed by atoms with Gasteiger partial charge in [0.05, 0.1) is 0 Å². The smallest absolute Gasteiger partial charge is 0.273 e. The molecular weight excluding hydrogens is 258 g/mol. The lowest BCUT2D eigenvalue weighted by atomic mass is 9.95. The number of benzene rings is 2. The fraction of sp³-hybridized carbons (Fsp3) is 0.353. The molecule has 20 heavy (non-hydrogen) atoms. The Hall–Kier alpha value is -1.77. The van der Waals surface area contributed by atoms with E-state index in [1.807, 2.05) is 6.92 Å². The first kappa shape index (κ1) is 14.6. The van der Waals surface area contributed by atoms with Crippen molar-refractivity contribution in [2.45, 2.75) is 38.5 Å². The van der Waals surface area contributed by atoms with Crippen molar-refractivity contribution in [2.75, 3.05) is 0 Å². The topological polar surface area (TPSA) is 17.1 Å². The Morgan fingerprint density at radius 1 is 1.15 bits per heavy atom. The maximum atomic E-state index is 14.3. The summed E-state index contributed by atoms with van der Waals surface area (Å²) in [7, 11) is 0. The van der Waals surface area contributed by atoms with Crippen molar-refractivity contribution >= 4 is 17.1 Å². The molecule has 0 atom stereocenters. The summed E-state index contributed by atoms with van der Waals surface area (Å²) in [5.74, 6) is -2.82. The van der Waals surface area contributed by atoms with Crippen molar-refractivity contribution in [1.82, 2.24) is 0 Å². The van der Waals surface area contributed by atoms with E-state index in [1.54, 1.807) is 30.3 Å². The first-order valence-corrected chi connectivity index (χ1v) is 6.95. The van der Waals surface area contributed by atoms with Crippen LogP contribution >= 0.6 is 0 Å². The first-order chi connectivity index (χ1) is 9.58. The van der Waals surface area contributed by atoms with Crippen LogP contribution in [0.25, 0.3) is 10.8 Å². The zero-order chi connectivity index (χ0) is 14.6. The van der Waals surface area contributed by atoms with Gasteiger partial charge in [0.15, 0.2) is 0 Å². The number of hydrogen-bond donors (Lipinski definition) is 0. The number of unbranched alkanes of at least 4 members (excludes halogenated alkanes) is 2. The third kappa shape index (κ3) is 3.03. The Bertz CT molecular complexity index is 605. The summed E-state index contributed by atoms with van der Waals surface area (Å²) in [6.45, 7) is 2.00. The van der Waals surface area contributed by atoms with E-state index < -0.39 is 5.92 Å². The van der Waals surface area contributed by atoms with E-state index in [0.29, 0.717) is 22.8 Å². The van der Waals surface area contributed by atoms with E-state index in [9.17, 15) is 13.6 Å². The van der Waals surface area contributed by atoms with Gasteiger partial charge in [0.1, 0.15) is 6.29 Å². The molecule has 0 bridgehead atoms. The summed E-state index contributed by atoms with van der Waals surface area (Å²) < 4.78 is 28.6. The number of hydrogen-bond acceptors (Lipinski definition) is 1. The molecule has 1 nitrogen and oxygen atoms in total. The zero-order valence-electron chi connectivity index (χ0n) is 11.5. The van der Waals surface area contributed by atoms with E-state index in [0.717, 1.165) is 19.1 Å². The highest BCUT2D eigenvalue weighted by Gasteiger charge is 2.32. The van der Waals surface area contributed by atoms with Crippen LogP contribution < -0.4 is 0 Å². The molecule has 0 fully saturated rings. The number of halogens is 2. The van der Waals surface area contributed by atoms with E-state index in [-0.39, 0.29) is 12.0 Å². The van der Waals surface area contributed by atoms with Crippen LogP contribution in [0.3, 0.4) is 0 Å². The molecule has 0 saturated heterocycles. The first-order valence-electron chi connectivity index (χ1n) is 6.95. The molecule has 2 aromatic rings. The lowest BCUT2D eigenvalue weighted by Crippen LogP contribution is -2.13. The van der Waals surface area contributed by atoms with E-state index in [1.165, 1.54) is 6.07 Å². The second kappa shape index (κ2) is 6.12. The Morgan fingerprint density at radius 3 is 2.65 bits per heavy atom. The molecule has 106 valence electrons. The van der Waals surface area contributed by atoms with Crippen molar-refractivity contribution in [3.8, 4) is 0 Å². The Labute approximate surface area is 117 Å². The van der Waals surface area contributed by atoms with Crippen LogP contribution in [-0.4, -0.2) is 6.29 Å². The van der Waals surface area contributed by atoms with Gasteiger partial charge in [0.25, 0.3) is 5.92 Å². The Morgan fingerprint density at radius 2 is 1.95 bits per heavy atom. The predicted molar refractivity (Wildman–Crippen MR) is 77.4 cm³/mol. The minimum atomic E-state index is -2.82. The fourth-order valence-electron chi connectivity index (χ4n) is 2.43. The summed E-state index contributed by atoms with van der Waals surface area (Å²) in [6, 6.07) is 9.71.